The van der Waals surface area contributed by atoms with E-state index in [1.807, 2.05) is 23.7 Å². The van der Waals surface area contributed by atoms with E-state index in [0.717, 1.165) is 61.1 Å². The molecule has 2 N–H and O–H groups in total. The molecule has 27 heavy (non-hydrogen) atoms. The maximum atomic E-state index is 5.68. The highest BCUT2D eigenvalue weighted by Gasteiger charge is 2.15. The number of nitrogens with zero attached hydrogens (tertiary/aromatic N) is 3. The molecule has 7 heteroatoms. The minimum absolute atomic E-state index is 0. The van der Waals surface area contributed by atoms with Crippen LogP contribution >= 0.6 is 24.0 Å². The van der Waals surface area contributed by atoms with Crippen LogP contribution in [0.2, 0.25) is 0 Å². The molecule has 148 valence electrons. The predicted molar refractivity (Wildman–Crippen MR) is 120 cm³/mol. The third kappa shape index (κ3) is 5.93. The van der Waals surface area contributed by atoms with Crippen LogP contribution in [0, 0.1) is 13.8 Å². The number of aromatic nitrogens is 2. The van der Waals surface area contributed by atoms with E-state index in [1.165, 1.54) is 0 Å². The molecule has 1 unspecified atom stereocenters. The number of rotatable bonds is 6. The van der Waals surface area contributed by atoms with Crippen molar-refractivity contribution in [3.05, 3.63) is 47.3 Å². The Bertz CT molecular complexity index is 753. The Morgan fingerprint density at radius 1 is 1.30 bits per heavy atom. The first kappa shape index (κ1) is 21.7. The zero-order valence-corrected chi connectivity index (χ0v) is 18.7. The van der Waals surface area contributed by atoms with Gasteiger partial charge in [-0.05, 0) is 51.3 Å². The lowest BCUT2D eigenvalue weighted by Crippen LogP contribution is -2.41. The summed E-state index contributed by atoms with van der Waals surface area (Å²) in [6.45, 7) is 9.26. The van der Waals surface area contributed by atoms with Crippen LogP contribution in [0.5, 0.6) is 0 Å². The van der Waals surface area contributed by atoms with Gasteiger partial charge in [-0.1, -0.05) is 18.2 Å². The molecule has 0 aliphatic carbocycles. The summed E-state index contributed by atoms with van der Waals surface area (Å²) in [5.41, 5.74) is 4.37. The number of aliphatic imine (C=N–C) groups is 1. The molecular formula is C20H30IN5O. The van der Waals surface area contributed by atoms with Gasteiger partial charge in [0, 0.05) is 25.4 Å². The minimum Gasteiger partial charge on any atom is -0.376 e. The van der Waals surface area contributed by atoms with Gasteiger partial charge in [-0.3, -0.25) is 0 Å². The SMILES string of the molecule is CCNC(=NCc1ccccc1-n1nc(C)cc1C)NCC1CCCO1.I. The third-order valence-corrected chi connectivity index (χ3v) is 4.50. The van der Waals surface area contributed by atoms with E-state index in [9.17, 15) is 0 Å². The number of guanidine groups is 1. The molecule has 3 rings (SSSR count). The first-order chi connectivity index (χ1) is 12.7. The molecule has 0 amide bonds. The predicted octanol–water partition coefficient (Wildman–Crippen LogP) is 3.34. The van der Waals surface area contributed by atoms with Crippen LogP contribution in [0.3, 0.4) is 0 Å². The number of aryl methyl sites for hydroxylation is 2. The molecule has 1 aromatic heterocycles. The fourth-order valence-electron chi connectivity index (χ4n) is 3.25. The zero-order chi connectivity index (χ0) is 18.4. The van der Waals surface area contributed by atoms with Crippen molar-refractivity contribution in [2.24, 2.45) is 4.99 Å². The molecule has 0 spiro atoms. The Hall–Kier alpha value is -1.61. The second-order valence-electron chi connectivity index (χ2n) is 6.68. The number of hydrogen-bond donors (Lipinski definition) is 2. The molecule has 0 radical (unpaired) electrons. The van der Waals surface area contributed by atoms with Gasteiger partial charge in [0.1, 0.15) is 0 Å². The molecule has 0 bridgehead atoms. The van der Waals surface area contributed by atoms with Crippen molar-refractivity contribution in [3.8, 4) is 5.69 Å². The number of ether oxygens (including phenoxy) is 1. The summed E-state index contributed by atoms with van der Waals surface area (Å²) in [7, 11) is 0. The van der Waals surface area contributed by atoms with Gasteiger partial charge in [0.2, 0.25) is 0 Å². The van der Waals surface area contributed by atoms with Crippen molar-refractivity contribution < 1.29 is 4.74 Å². The summed E-state index contributed by atoms with van der Waals surface area (Å²) < 4.78 is 7.67. The normalized spacial score (nSPS) is 16.9. The van der Waals surface area contributed by atoms with Crippen molar-refractivity contribution in [3.63, 3.8) is 0 Å². The molecule has 0 saturated carbocycles. The van der Waals surface area contributed by atoms with Crippen LogP contribution < -0.4 is 10.6 Å². The molecule has 1 aromatic carbocycles. The van der Waals surface area contributed by atoms with Gasteiger partial charge in [0.25, 0.3) is 0 Å². The van der Waals surface area contributed by atoms with Crippen LogP contribution in [-0.2, 0) is 11.3 Å². The van der Waals surface area contributed by atoms with Crippen molar-refractivity contribution in [2.75, 3.05) is 19.7 Å². The second kappa shape index (κ2) is 10.7. The average molecular weight is 483 g/mol. The van der Waals surface area contributed by atoms with Crippen LogP contribution in [0.4, 0.5) is 0 Å². The lowest BCUT2D eigenvalue weighted by molar-refractivity contribution is 0.114. The minimum atomic E-state index is 0. The molecule has 2 heterocycles. The standard InChI is InChI=1S/C20H29N5O.HI/c1-4-21-20(23-14-18-9-7-11-26-18)22-13-17-8-5-6-10-19(17)25-16(3)12-15(2)24-25;/h5-6,8,10,12,18H,4,7,9,11,13-14H2,1-3H3,(H2,21,22,23);1H. The van der Waals surface area contributed by atoms with Crippen molar-refractivity contribution in [1.29, 1.82) is 0 Å². The van der Waals surface area contributed by atoms with E-state index >= 15 is 0 Å². The molecular weight excluding hydrogens is 453 g/mol. The lowest BCUT2D eigenvalue weighted by atomic mass is 10.2. The molecule has 1 fully saturated rings. The number of halogens is 1. The van der Waals surface area contributed by atoms with E-state index in [4.69, 9.17) is 9.73 Å². The van der Waals surface area contributed by atoms with Gasteiger partial charge in [0.05, 0.1) is 24.0 Å². The highest BCUT2D eigenvalue weighted by molar-refractivity contribution is 14.0. The highest BCUT2D eigenvalue weighted by Crippen LogP contribution is 2.18. The average Bonchev–Trinajstić information content (AvgIpc) is 3.27. The van der Waals surface area contributed by atoms with Crippen molar-refractivity contribution >= 4 is 29.9 Å². The van der Waals surface area contributed by atoms with Gasteiger partial charge in [-0.15, -0.1) is 24.0 Å². The van der Waals surface area contributed by atoms with Gasteiger partial charge in [-0.2, -0.15) is 5.10 Å². The van der Waals surface area contributed by atoms with E-state index in [1.54, 1.807) is 0 Å². The summed E-state index contributed by atoms with van der Waals surface area (Å²) in [6, 6.07) is 10.4. The molecule has 2 aromatic rings. The van der Waals surface area contributed by atoms with E-state index in [-0.39, 0.29) is 24.0 Å². The van der Waals surface area contributed by atoms with Crippen LogP contribution in [-0.4, -0.2) is 41.5 Å². The summed E-state index contributed by atoms with van der Waals surface area (Å²) in [5.74, 6) is 0.825. The monoisotopic (exact) mass is 483 g/mol. The molecule has 1 aliphatic heterocycles. The summed E-state index contributed by atoms with van der Waals surface area (Å²) in [4.78, 5) is 4.77. The molecule has 1 saturated heterocycles. The van der Waals surface area contributed by atoms with Crippen molar-refractivity contribution in [2.45, 2.75) is 46.3 Å². The number of benzene rings is 1. The summed E-state index contributed by atoms with van der Waals surface area (Å²) >= 11 is 0. The van der Waals surface area contributed by atoms with E-state index in [2.05, 4.69) is 47.8 Å². The summed E-state index contributed by atoms with van der Waals surface area (Å²) in [6.07, 6.45) is 2.56. The molecule has 1 atom stereocenters. The second-order valence-corrected chi connectivity index (χ2v) is 6.68. The van der Waals surface area contributed by atoms with Gasteiger partial charge in [0.15, 0.2) is 5.96 Å². The van der Waals surface area contributed by atoms with Crippen molar-refractivity contribution in [1.82, 2.24) is 20.4 Å². The quantitative estimate of drug-likeness (QED) is 0.376. The first-order valence-electron chi connectivity index (χ1n) is 9.42. The van der Waals surface area contributed by atoms with Crippen LogP contribution in [0.25, 0.3) is 5.69 Å². The smallest absolute Gasteiger partial charge is 0.191 e. The fraction of sp³-hybridized carbons (Fsp3) is 0.500. The Balaban J connectivity index is 0.00000261. The molecule has 6 nitrogen and oxygen atoms in total. The van der Waals surface area contributed by atoms with Gasteiger partial charge < -0.3 is 15.4 Å². The number of hydrogen-bond acceptors (Lipinski definition) is 3. The highest BCUT2D eigenvalue weighted by atomic mass is 127. The third-order valence-electron chi connectivity index (χ3n) is 4.50. The van der Waals surface area contributed by atoms with Gasteiger partial charge in [-0.25, -0.2) is 9.67 Å². The Morgan fingerprint density at radius 2 is 2.11 bits per heavy atom. The zero-order valence-electron chi connectivity index (χ0n) is 16.4. The van der Waals surface area contributed by atoms with Crippen LogP contribution in [0.1, 0.15) is 36.7 Å². The lowest BCUT2D eigenvalue weighted by Gasteiger charge is -2.15. The molecule has 1 aliphatic rings. The first-order valence-corrected chi connectivity index (χ1v) is 9.42. The van der Waals surface area contributed by atoms with E-state index in [0.29, 0.717) is 12.6 Å². The van der Waals surface area contributed by atoms with E-state index < -0.39 is 0 Å². The maximum absolute atomic E-state index is 5.68. The largest absolute Gasteiger partial charge is 0.376 e. The summed E-state index contributed by atoms with van der Waals surface area (Å²) in [5, 5.41) is 11.3. The number of nitrogens with one attached hydrogen (secondary N) is 2. The Labute approximate surface area is 178 Å². The topological polar surface area (TPSA) is 63.5 Å². The fourth-order valence-corrected chi connectivity index (χ4v) is 3.25. The Kier molecular flexibility index (Phi) is 8.56. The maximum Gasteiger partial charge on any atom is 0.191 e. The number of para-hydroxylation sites is 1. The Morgan fingerprint density at radius 3 is 2.78 bits per heavy atom. The van der Waals surface area contributed by atoms with Crippen LogP contribution in [0.15, 0.2) is 35.3 Å². The van der Waals surface area contributed by atoms with Gasteiger partial charge >= 0.3 is 0 Å².